The van der Waals surface area contributed by atoms with Gasteiger partial charge in [0.1, 0.15) is 0 Å². The Labute approximate surface area is 134 Å². The van der Waals surface area contributed by atoms with E-state index in [1.807, 2.05) is 20.8 Å². The van der Waals surface area contributed by atoms with Gasteiger partial charge in [-0.2, -0.15) is 5.10 Å². The van der Waals surface area contributed by atoms with E-state index in [-0.39, 0.29) is 17.3 Å². The molecule has 1 unspecified atom stereocenters. The second-order valence-corrected chi connectivity index (χ2v) is 6.24. The molecule has 8 heteroatoms. The lowest BCUT2D eigenvalue weighted by molar-refractivity contribution is 0.230. The van der Waals surface area contributed by atoms with Gasteiger partial charge in [-0.3, -0.25) is 0 Å². The van der Waals surface area contributed by atoms with Gasteiger partial charge < -0.3 is 16.4 Å². The minimum absolute atomic E-state index is 0.0653. The van der Waals surface area contributed by atoms with Gasteiger partial charge >= 0.3 is 6.03 Å². The van der Waals surface area contributed by atoms with Crippen molar-refractivity contribution in [1.82, 2.24) is 20.1 Å². The SMILES string of the molecule is CC(C)(C)C(CN)NC(=O)Nc1cnn(-c2ncccc2F)c1. The summed E-state index contributed by atoms with van der Waals surface area (Å²) in [6, 6.07) is 2.22. The van der Waals surface area contributed by atoms with E-state index in [2.05, 4.69) is 20.7 Å². The molecule has 23 heavy (non-hydrogen) atoms. The molecular formula is C15H21FN6O. The van der Waals surface area contributed by atoms with Gasteiger partial charge in [-0.1, -0.05) is 20.8 Å². The van der Waals surface area contributed by atoms with Crippen molar-refractivity contribution in [2.75, 3.05) is 11.9 Å². The normalized spacial score (nSPS) is 12.7. The van der Waals surface area contributed by atoms with Gasteiger partial charge in [0.25, 0.3) is 0 Å². The fraction of sp³-hybridized carbons (Fsp3) is 0.400. The van der Waals surface area contributed by atoms with E-state index in [1.54, 1.807) is 0 Å². The quantitative estimate of drug-likeness (QED) is 0.801. The highest BCUT2D eigenvalue weighted by atomic mass is 19.1. The van der Waals surface area contributed by atoms with Crippen molar-refractivity contribution in [3.63, 3.8) is 0 Å². The first-order valence-corrected chi connectivity index (χ1v) is 7.24. The molecule has 4 N–H and O–H groups in total. The van der Waals surface area contributed by atoms with Gasteiger partial charge in [0.15, 0.2) is 11.6 Å². The fourth-order valence-corrected chi connectivity index (χ4v) is 2.00. The van der Waals surface area contributed by atoms with E-state index in [1.165, 1.54) is 35.4 Å². The highest BCUT2D eigenvalue weighted by Crippen LogP contribution is 2.18. The zero-order valence-corrected chi connectivity index (χ0v) is 13.4. The number of rotatable bonds is 4. The predicted octanol–water partition coefficient (Wildman–Crippen LogP) is 1.90. The smallest absolute Gasteiger partial charge is 0.319 e. The second kappa shape index (κ2) is 6.74. The van der Waals surface area contributed by atoms with Gasteiger partial charge in [0.05, 0.1) is 18.1 Å². The minimum Gasteiger partial charge on any atom is -0.333 e. The first kappa shape index (κ1) is 16.9. The van der Waals surface area contributed by atoms with Crippen molar-refractivity contribution in [2.45, 2.75) is 26.8 Å². The van der Waals surface area contributed by atoms with Crippen LogP contribution in [0.2, 0.25) is 0 Å². The Morgan fingerprint density at radius 3 is 2.83 bits per heavy atom. The Kier molecular flexibility index (Phi) is 4.95. The lowest BCUT2D eigenvalue weighted by Gasteiger charge is -2.30. The summed E-state index contributed by atoms with van der Waals surface area (Å²) >= 11 is 0. The maximum absolute atomic E-state index is 13.7. The number of amides is 2. The van der Waals surface area contributed by atoms with Crippen molar-refractivity contribution in [3.05, 3.63) is 36.5 Å². The number of halogens is 1. The molecular weight excluding hydrogens is 299 g/mol. The Morgan fingerprint density at radius 1 is 1.48 bits per heavy atom. The number of pyridine rings is 1. The number of urea groups is 1. The van der Waals surface area contributed by atoms with E-state index in [0.29, 0.717) is 12.2 Å². The summed E-state index contributed by atoms with van der Waals surface area (Å²) in [5.41, 5.74) is 5.96. The van der Waals surface area contributed by atoms with Crippen LogP contribution in [0.4, 0.5) is 14.9 Å². The molecule has 0 bridgehead atoms. The molecule has 0 radical (unpaired) electrons. The summed E-state index contributed by atoms with van der Waals surface area (Å²) in [6.07, 6.45) is 4.37. The Bertz CT molecular complexity index is 679. The molecule has 0 aliphatic rings. The third-order valence-electron chi connectivity index (χ3n) is 3.38. The number of anilines is 1. The molecule has 0 aliphatic carbocycles. The first-order chi connectivity index (χ1) is 10.8. The number of nitrogens with one attached hydrogen (secondary N) is 2. The third kappa shape index (κ3) is 4.26. The van der Waals surface area contributed by atoms with Crippen LogP contribution in [0.15, 0.2) is 30.7 Å². The number of hydrogen-bond acceptors (Lipinski definition) is 4. The number of nitrogens with two attached hydrogens (primary N) is 1. The number of aromatic nitrogens is 3. The molecule has 2 amide bonds. The Balaban J connectivity index is 2.05. The standard InChI is InChI=1S/C15H21FN6O/c1-15(2,3)12(7-17)21-14(23)20-10-8-19-22(9-10)13-11(16)5-4-6-18-13/h4-6,8-9,12H,7,17H2,1-3H3,(H2,20,21,23). The second-order valence-electron chi connectivity index (χ2n) is 6.24. The van der Waals surface area contributed by atoms with Crippen molar-refractivity contribution >= 4 is 11.7 Å². The van der Waals surface area contributed by atoms with Gasteiger partial charge in [0, 0.05) is 18.8 Å². The molecule has 2 aromatic rings. The van der Waals surface area contributed by atoms with E-state index < -0.39 is 11.8 Å². The van der Waals surface area contributed by atoms with Crippen LogP contribution in [0.25, 0.3) is 5.82 Å². The van der Waals surface area contributed by atoms with E-state index in [9.17, 15) is 9.18 Å². The number of nitrogens with zero attached hydrogens (tertiary/aromatic N) is 3. The number of carbonyl (C=O) groups is 1. The van der Waals surface area contributed by atoms with Crippen LogP contribution in [0.3, 0.4) is 0 Å². The molecule has 1 atom stereocenters. The van der Waals surface area contributed by atoms with Crippen molar-refractivity contribution < 1.29 is 9.18 Å². The van der Waals surface area contributed by atoms with Crippen LogP contribution in [0, 0.1) is 11.2 Å². The summed E-state index contributed by atoms with van der Waals surface area (Å²) < 4.78 is 14.9. The summed E-state index contributed by atoms with van der Waals surface area (Å²) in [6.45, 7) is 6.31. The predicted molar refractivity (Wildman–Crippen MR) is 85.8 cm³/mol. The fourth-order valence-electron chi connectivity index (χ4n) is 2.00. The number of hydrogen-bond donors (Lipinski definition) is 3. The molecule has 0 aliphatic heterocycles. The number of carbonyl (C=O) groups excluding carboxylic acids is 1. The van der Waals surface area contributed by atoms with Crippen LogP contribution >= 0.6 is 0 Å². The maximum atomic E-state index is 13.7. The molecule has 2 heterocycles. The Morgan fingerprint density at radius 2 is 2.22 bits per heavy atom. The maximum Gasteiger partial charge on any atom is 0.319 e. The van der Waals surface area contributed by atoms with E-state index in [0.717, 1.165) is 0 Å². The molecule has 7 nitrogen and oxygen atoms in total. The van der Waals surface area contributed by atoms with Crippen LogP contribution in [0.5, 0.6) is 0 Å². The van der Waals surface area contributed by atoms with E-state index >= 15 is 0 Å². The van der Waals surface area contributed by atoms with Crippen molar-refractivity contribution in [3.8, 4) is 5.82 Å². The summed E-state index contributed by atoms with van der Waals surface area (Å²) in [7, 11) is 0. The van der Waals surface area contributed by atoms with Crippen molar-refractivity contribution in [2.24, 2.45) is 11.1 Å². The summed E-state index contributed by atoms with van der Waals surface area (Å²) in [4.78, 5) is 16.0. The molecule has 124 valence electrons. The summed E-state index contributed by atoms with van der Waals surface area (Å²) in [5.74, 6) is -0.432. The third-order valence-corrected chi connectivity index (χ3v) is 3.38. The Hall–Kier alpha value is -2.48. The molecule has 0 saturated heterocycles. The summed E-state index contributed by atoms with van der Waals surface area (Å²) in [5, 5.41) is 9.46. The minimum atomic E-state index is -0.498. The van der Waals surface area contributed by atoms with Crippen LogP contribution in [-0.4, -0.2) is 33.4 Å². The van der Waals surface area contributed by atoms with Crippen LogP contribution in [-0.2, 0) is 0 Å². The highest BCUT2D eigenvalue weighted by molar-refractivity contribution is 5.89. The van der Waals surface area contributed by atoms with E-state index in [4.69, 9.17) is 5.73 Å². The molecule has 0 aromatic carbocycles. The molecule has 0 fully saturated rings. The molecule has 2 rings (SSSR count). The van der Waals surface area contributed by atoms with Crippen molar-refractivity contribution in [1.29, 1.82) is 0 Å². The first-order valence-electron chi connectivity index (χ1n) is 7.24. The lowest BCUT2D eigenvalue weighted by Crippen LogP contribution is -2.49. The zero-order valence-electron chi connectivity index (χ0n) is 13.4. The molecule has 2 aromatic heterocycles. The van der Waals surface area contributed by atoms with Gasteiger partial charge in [-0.25, -0.2) is 18.9 Å². The van der Waals surface area contributed by atoms with Gasteiger partial charge in [-0.15, -0.1) is 0 Å². The average molecular weight is 320 g/mol. The lowest BCUT2D eigenvalue weighted by atomic mass is 9.87. The molecule has 0 saturated carbocycles. The topological polar surface area (TPSA) is 97.9 Å². The highest BCUT2D eigenvalue weighted by Gasteiger charge is 2.24. The van der Waals surface area contributed by atoms with Gasteiger partial charge in [0.2, 0.25) is 0 Å². The largest absolute Gasteiger partial charge is 0.333 e. The zero-order chi connectivity index (χ0) is 17.0. The monoisotopic (exact) mass is 320 g/mol. The van der Waals surface area contributed by atoms with Gasteiger partial charge in [-0.05, 0) is 17.5 Å². The van der Waals surface area contributed by atoms with Crippen LogP contribution in [0.1, 0.15) is 20.8 Å². The average Bonchev–Trinajstić information content (AvgIpc) is 2.92. The molecule has 0 spiro atoms. The van der Waals surface area contributed by atoms with Crippen LogP contribution < -0.4 is 16.4 Å².